The molecule has 1 aromatic heterocycles. The van der Waals surface area contributed by atoms with E-state index in [2.05, 4.69) is 10.1 Å². The third-order valence-corrected chi connectivity index (χ3v) is 3.17. The van der Waals surface area contributed by atoms with E-state index < -0.39 is 0 Å². The van der Waals surface area contributed by atoms with Gasteiger partial charge < -0.3 is 10.6 Å². The molecule has 2 N–H and O–H groups in total. The first-order valence-corrected chi connectivity index (χ1v) is 6.00. The van der Waals surface area contributed by atoms with Gasteiger partial charge in [0.05, 0.1) is 0 Å². The third-order valence-electron chi connectivity index (χ3n) is 3.17. The zero-order chi connectivity index (χ0) is 12.6. The monoisotopic (exact) mass is 237 g/mol. The van der Waals surface area contributed by atoms with Crippen LogP contribution in [0.5, 0.6) is 0 Å². The van der Waals surface area contributed by atoms with Gasteiger partial charge in [-0.05, 0) is 20.8 Å². The molecule has 1 amide bonds. The Morgan fingerprint density at radius 3 is 2.88 bits per heavy atom. The number of rotatable bonds is 3. The quantitative estimate of drug-likeness (QED) is 0.820. The lowest BCUT2D eigenvalue weighted by Gasteiger charge is -2.29. The summed E-state index contributed by atoms with van der Waals surface area (Å²) in [5, 5.41) is 4.14. The number of nitrogens with two attached hydrogens (primary N) is 1. The molecular weight excluding hydrogens is 218 g/mol. The van der Waals surface area contributed by atoms with E-state index in [4.69, 9.17) is 5.73 Å². The molecule has 94 valence electrons. The molecular formula is C11H19N5O. The second-order valence-electron chi connectivity index (χ2n) is 4.64. The smallest absolute Gasteiger partial charge is 0.225 e. The average Bonchev–Trinajstić information content (AvgIpc) is 2.81. The highest BCUT2D eigenvalue weighted by Crippen LogP contribution is 2.32. The van der Waals surface area contributed by atoms with E-state index in [1.807, 2.05) is 25.7 Å². The van der Waals surface area contributed by atoms with Gasteiger partial charge in [0, 0.05) is 25.0 Å². The van der Waals surface area contributed by atoms with Crippen molar-refractivity contribution < 1.29 is 4.79 Å². The Morgan fingerprint density at radius 2 is 2.29 bits per heavy atom. The molecule has 1 aliphatic heterocycles. The molecule has 17 heavy (non-hydrogen) atoms. The predicted molar refractivity (Wildman–Crippen MR) is 63.0 cm³/mol. The highest BCUT2D eigenvalue weighted by atomic mass is 16.2. The molecule has 2 atom stereocenters. The van der Waals surface area contributed by atoms with Crippen molar-refractivity contribution in [3.63, 3.8) is 0 Å². The normalized spacial score (nSPS) is 25.0. The van der Waals surface area contributed by atoms with Gasteiger partial charge >= 0.3 is 0 Å². The fraction of sp³-hybridized carbons (Fsp3) is 0.727. The highest BCUT2D eigenvalue weighted by Gasteiger charge is 2.42. The minimum atomic E-state index is -0.195. The topological polar surface area (TPSA) is 77.0 Å². The number of aryl methyl sites for hydroxylation is 1. The maximum atomic E-state index is 11.9. The number of hydrogen-bond donors (Lipinski definition) is 1. The largest absolute Gasteiger partial charge is 0.328 e. The van der Waals surface area contributed by atoms with Crippen molar-refractivity contribution in [2.75, 3.05) is 0 Å². The van der Waals surface area contributed by atoms with Crippen LogP contribution in [0.4, 0.5) is 0 Å². The van der Waals surface area contributed by atoms with Gasteiger partial charge in [-0.2, -0.15) is 5.10 Å². The van der Waals surface area contributed by atoms with Crippen LogP contribution in [0.3, 0.4) is 0 Å². The second-order valence-corrected chi connectivity index (χ2v) is 4.64. The molecule has 0 aromatic carbocycles. The van der Waals surface area contributed by atoms with Crippen LogP contribution in [0.25, 0.3) is 0 Å². The van der Waals surface area contributed by atoms with Crippen LogP contribution in [0, 0.1) is 0 Å². The Balaban J connectivity index is 2.38. The summed E-state index contributed by atoms with van der Waals surface area (Å²) in [5.74, 6) is 0.891. The molecule has 1 saturated heterocycles. The summed E-state index contributed by atoms with van der Waals surface area (Å²) < 4.78 is 1.80. The van der Waals surface area contributed by atoms with E-state index in [-0.39, 0.29) is 24.0 Å². The summed E-state index contributed by atoms with van der Waals surface area (Å²) in [6.45, 7) is 6.73. The molecule has 0 spiro atoms. The lowest BCUT2D eigenvalue weighted by molar-refractivity contribution is -0.130. The number of likely N-dealkylation sites (tertiary alicyclic amines) is 1. The molecule has 2 heterocycles. The fourth-order valence-electron chi connectivity index (χ4n) is 2.45. The van der Waals surface area contributed by atoms with E-state index >= 15 is 0 Å². The SMILES string of the molecule is CCn1ncnc1[C@H]1[C@H](N)CC(=O)N1C(C)C. The van der Waals surface area contributed by atoms with Gasteiger partial charge in [0.1, 0.15) is 12.4 Å². The number of aromatic nitrogens is 3. The minimum absolute atomic E-state index is 0.100. The molecule has 1 aromatic rings. The van der Waals surface area contributed by atoms with Gasteiger partial charge in [-0.1, -0.05) is 0 Å². The molecule has 0 bridgehead atoms. The number of carbonyl (C=O) groups is 1. The molecule has 0 radical (unpaired) electrons. The minimum Gasteiger partial charge on any atom is -0.328 e. The summed E-state index contributed by atoms with van der Waals surface area (Å²) in [6, 6.07) is -0.215. The van der Waals surface area contributed by atoms with Gasteiger partial charge in [-0.15, -0.1) is 0 Å². The van der Waals surface area contributed by atoms with E-state index in [0.29, 0.717) is 6.42 Å². The van der Waals surface area contributed by atoms with Crippen molar-refractivity contribution in [2.45, 2.75) is 51.9 Å². The van der Waals surface area contributed by atoms with Crippen LogP contribution in [0.1, 0.15) is 39.1 Å². The lowest BCUT2D eigenvalue weighted by atomic mass is 10.1. The Labute approximate surface area is 101 Å². The lowest BCUT2D eigenvalue weighted by Crippen LogP contribution is -2.39. The van der Waals surface area contributed by atoms with Crippen molar-refractivity contribution in [3.05, 3.63) is 12.2 Å². The standard InChI is InChI=1S/C11H19N5O/c1-4-15-11(13-6-14-15)10-8(12)5-9(17)16(10)7(2)3/h6-8,10H,4-5,12H2,1-3H3/t8-,10-/m1/s1. The molecule has 0 unspecified atom stereocenters. The zero-order valence-corrected chi connectivity index (χ0v) is 10.5. The molecule has 1 aliphatic rings. The highest BCUT2D eigenvalue weighted by molar-refractivity contribution is 5.80. The van der Waals surface area contributed by atoms with Crippen LogP contribution in [0.15, 0.2) is 6.33 Å². The Morgan fingerprint density at radius 1 is 1.59 bits per heavy atom. The van der Waals surface area contributed by atoms with Gasteiger partial charge in [0.2, 0.25) is 5.91 Å². The second kappa shape index (κ2) is 4.44. The Hall–Kier alpha value is -1.43. The van der Waals surface area contributed by atoms with Gasteiger partial charge in [0.25, 0.3) is 0 Å². The van der Waals surface area contributed by atoms with Crippen LogP contribution >= 0.6 is 0 Å². The number of nitrogens with zero attached hydrogens (tertiary/aromatic N) is 4. The van der Waals surface area contributed by atoms with Crippen molar-refractivity contribution in [2.24, 2.45) is 5.73 Å². The summed E-state index contributed by atoms with van der Waals surface area (Å²) in [7, 11) is 0. The van der Waals surface area contributed by atoms with Gasteiger partial charge in [0.15, 0.2) is 5.82 Å². The number of hydrogen-bond acceptors (Lipinski definition) is 4. The maximum absolute atomic E-state index is 11.9. The molecule has 2 rings (SSSR count). The predicted octanol–water partition coefficient (Wildman–Crippen LogP) is 0.307. The summed E-state index contributed by atoms with van der Waals surface area (Å²) in [5.41, 5.74) is 6.07. The summed E-state index contributed by atoms with van der Waals surface area (Å²) >= 11 is 0. The van der Waals surface area contributed by atoms with Crippen LogP contribution in [0.2, 0.25) is 0 Å². The van der Waals surface area contributed by atoms with Crippen molar-refractivity contribution in [3.8, 4) is 0 Å². The van der Waals surface area contributed by atoms with E-state index in [1.54, 1.807) is 4.68 Å². The van der Waals surface area contributed by atoms with Gasteiger partial charge in [-0.25, -0.2) is 9.67 Å². The molecule has 6 nitrogen and oxygen atoms in total. The number of amides is 1. The average molecular weight is 237 g/mol. The van der Waals surface area contributed by atoms with E-state index in [1.165, 1.54) is 6.33 Å². The van der Waals surface area contributed by atoms with Crippen LogP contribution < -0.4 is 5.73 Å². The van der Waals surface area contributed by atoms with Crippen molar-refractivity contribution in [1.82, 2.24) is 19.7 Å². The van der Waals surface area contributed by atoms with Gasteiger partial charge in [-0.3, -0.25) is 4.79 Å². The molecule has 1 fully saturated rings. The number of carbonyl (C=O) groups excluding carboxylic acids is 1. The zero-order valence-electron chi connectivity index (χ0n) is 10.5. The van der Waals surface area contributed by atoms with Crippen molar-refractivity contribution in [1.29, 1.82) is 0 Å². The van der Waals surface area contributed by atoms with Crippen LogP contribution in [-0.4, -0.2) is 37.7 Å². The maximum Gasteiger partial charge on any atom is 0.225 e. The van der Waals surface area contributed by atoms with Crippen molar-refractivity contribution >= 4 is 5.91 Å². The fourth-order valence-corrected chi connectivity index (χ4v) is 2.45. The summed E-state index contributed by atoms with van der Waals surface area (Å²) in [4.78, 5) is 18.0. The molecule has 6 heteroatoms. The Kier molecular flexibility index (Phi) is 3.15. The van der Waals surface area contributed by atoms with E-state index in [9.17, 15) is 4.79 Å². The molecule has 0 saturated carbocycles. The third kappa shape index (κ3) is 1.93. The molecule has 0 aliphatic carbocycles. The first-order chi connectivity index (χ1) is 8.06. The summed E-state index contributed by atoms with van der Waals surface area (Å²) in [6.07, 6.45) is 1.91. The van der Waals surface area contributed by atoms with Crippen LogP contribution in [-0.2, 0) is 11.3 Å². The first-order valence-electron chi connectivity index (χ1n) is 6.00. The van der Waals surface area contributed by atoms with E-state index in [0.717, 1.165) is 12.4 Å². The first kappa shape index (κ1) is 12.0. The Bertz CT molecular complexity index is 414.